The molecule has 3 aromatic carbocycles. The number of hydrogen-bond acceptors (Lipinski definition) is 6. The first-order valence-corrected chi connectivity index (χ1v) is 10.5. The van der Waals surface area contributed by atoms with Gasteiger partial charge in [0, 0.05) is 4.47 Å². The summed E-state index contributed by atoms with van der Waals surface area (Å²) in [4.78, 5) is 24.5. The van der Waals surface area contributed by atoms with E-state index in [1.807, 2.05) is 12.1 Å². The van der Waals surface area contributed by atoms with Gasteiger partial charge in [0.1, 0.15) is 17.2 Å². The van der Waals surface area contributed by atoms with Gasteiger partial charge in [-0.1, -0.05) is 28.1 Å². The molecule has 1 unspecified atom stereocenters. The topological polar surface area (TPSA) is 86.2 Å². The molecule has 0 aliphatic carbocycles. The van der Waals surface area contributed by atoms with E-state index in [1.54, 1.807) is 74.7 Å². The number of rotatable bonds is 8. The molecule has 0 aliphatic heterocycles. The third-order valence-electron chi connectivity index (χ3n) is 4.28. The minimum atomic E-state index is -0.731. The van der Waals surface area contributed by atoms with Crippen molar-refractivity contribution in [3.63, 3.8) is 0 Å². The number of carbonyl (C=O) groups is 2. The summed E-state index contributed by atoms with van der Waals surface area (Å²) < 4.78 is 17.0. The van der Waals surface area contributed by atoms with Crippen molar-refractivity contribution in [3.05, 3.63) is 88.4 Å². The third kappa shape index (κ3) is 6.68. The molecule has 7 nitrogen and oxygen atoms in total. The van der Waals surface area contributed by atoms with Gasteiger partial charge < -0.3 is 14.2 Å². The van der Waals surface area contributed by atoms with Crippen molar-refractivity contribution >= 4 is 34.0 Å². The van der Waals surface area contributed by atoms with E-state index in [-0.39, 0.29) is 0 Å². The van der Waals surface area contributed by atoms with Crippen LogP contribution in [0.5, 0.6) is 17.2 Å². The average molecular weight is 497 g/mol. The highest BCUT2D eigenvalue weighted by atomic mass is 79.9. The smallest absolute Gasteiger partial charge is 0.343 e. The molecule has 0 radical (unpaired) electrons. The molecule has 8 heteroatoms. The van der Waals surface area contributed by atoms with Crippen molar-refractivity contribution in [2.24, 2.45) is 5.10 Å². The highest BCUT2D eigenvalue weighted by molar-refractivity contribution is 9.10. The van der Waals surface area contributed by atoms with Gasteiger partial charge in [0.25, 0.3) is 5.91 Å². The number of nitrogens with one attached hydrogen (secondary N) is 1. The fourth-order valence-corrected chi connectivity index (χ4v) is 2.85. The monoisotopic (exact) mass is 496 g/mol. The van der Waals surface area contributed by atoms with Gasteiger partial charge in [-0.15, -0.1) is 0 Å². The second kappa shape index (κ2) is 11.1. The maximum absolute atomic E-state index is 12.3. The predicted octanol–water partition coefficient (Wildman–Crippen LogP) is 4.59. The minimum absolute atomic E-state index is 0.355. The molecule has 1 amide bonds. The Kier molecular flexibility index (Phi) is 7.99. The first kappa shape index (κ1) is 23.0. The largest absolute Gasteiger partial charge is 0.497 e. The van der Waals surface area contributed by atoms with E-state index in [1.165, 1.54) is 6.21 Å². The van der Waals surface area contributed by atoms with E-state index in [9.17, 15) is 9.59 Å². The molecule has 0 saturated carbocycles. The van der Waals surface area contributed by atoms with Crippen LogP contribution in [0.2, 0.25) is 0 Å². The summed E-state index contributed by atoms with van der Waals surface area (Å²) in [5.41, 5.74) is 3.48. The molecular formula is C24H21BrN2O5. The fraction of sp³-hybridized carbons (Fsp3) is 0.125. The van der Waals surface area contributed by atoms with Crippen LogP contribution in [0.25, 0.3) is 0 Å². The SMILES string of the molecule is COc1ccc(C(=O)Oc2cccc(/C=N/NC(=O)C(C)Oc3ccc(Br)cc3)c2)cc1. The van der Waals surface area contributed by atoms with Crippen molar-refractivity contribution in [2.75, 3.05) is 7.11 Å². The second-order valence-electron chi connectivity index (χ2n) is 6.64. The van der Waals surface area contributed by atoms with E-state index in [0.29, 0.717) is 28.4 Å². The third-order valence-corrected chi connectivity index (χ3v) is 4.81. The molecule has 1 N–H and O–H groups in total. The lowest BCUT2D eigenvalue weighted by Gasteiger charge is -2.12. The van der Waals surface area contributed by atoms with Crippen LogP contribution in [0.1, 0.15) is 22.8 Å². The molecule has 0 spiro atoms. The number of benzene rings is 3. The number of ether oxygens (including phenoxy) is 3. The minimum Gasteiger partial charge on any atom is -0.497 e. The highest BCUT2D eigenvalue weighted by Crippen LogP contribution is 2.18. The summed E-state index contributed by atoms with van der Waals surface area (Å²) in [7, 11) is 1.55. The van der Waals surface area contributed by atoms with Crippen LogP contribution >= 0.6 is 15.9 Å². The molecule has 164 valence electrons. The van der Waals surface area contributed by atoms with E-state index in [2.05, 4.69) is 26.5 Å². The lowest BCUT2D eigenvalue weighted by atomic mass is 10.2. The Morgan fingerprint density at radius 2 is 1.66 bits per heavy atom. The van der Waals surface area contributed by atoms with E-state index in [0.717, 1.165) is 4.47 Å². The molecule has 3 rings (SSSR count). The van der Waals surface area contributed by atoms with Crippen molar-refractivity contribution in [1.82, 2.24) is 5.43 Å². The molecule has 0 aliphatic rings. The zero-order valence-electron chi connectivity index (χ0n) is 17.4. The Bertz CT molecular complexity index is 1100. The number of halogens is 1. The molecule has 0 heterocycles. The Morgan fingerprint density at radius 1 is 0.969 bits per heavy atom. The molecule has 0 aromatic heterocycles. The molecule has 3 aromatic rings. The summed E-state index contributed by atoms with van der Waals surface area (Å²) in [5, 5.41) is 3.95. The van der Waals surface area contributed by atoms with E-state index >= 15 is 0 Å². The Balaban J connectivity index is 1.54. The van der Waals surface area contributed by atoms with Gasteiger partial charge in [-0.05, 0) is 73.2 Å². The van der Waals surface area contributed by atoms with Gasteiger partial charge >= 0.3 is 5.97 Å². The summed E-state index contributed by atoms with van der Waals surface area (Å²) in [5.74, 6) is 0.692. The zero-order chi connectivity index (χ0) is 22.9. The molecule has 0 bridgehead atoms. The van der Waals surface area contributed by atoms with Gasteiger partial charge in [-0.3, -0.25) is 4.79 Å². The fourth-order valence-electron chi connectivity index (χ4n) is 2.58. The number of methoxy groups -OCH3 is 1. The summed E-state index contributed by atoms with van der Waals surface area (Å²) in [6.07, 6.45) is 0.722. The summed E-state index contributed by atoms with van der Waals surface area (Å²) in [6.45, 7) is 1.63. The average Bonchev–Trinajstić information content (AvgIpc) is 2.80. The Morgan fingerprint density at radius 3 is 2.34 bits per heavy atom. The number of esters is 1. The molecule has 32 heavy (non-hydrogen) atoms. The van der Waals surface area contributed by atoms with Crippen LogP contribution in [0.4, 0.5) is 0 Å². The molecular weight excluding hydrogens is 476 g/mol. The lowest BCUT2D eigenvalue weighted by molar-refractivity contribution is -0.127. The molecule has 0 saturated heterocycles. The van der Waals surface area contributed by atoms with Gasteiger partial charge in [0.05, 0.1) is 18.9 Å². The molecule has 1 atom stereocenters. The second-order valence-corrected chi connectivity index (χ2v) is 7.55. The first-order chi connectivity index (χ1) is 15.4. The number of carbonyl (C=O) groups excluding carboxylic acids is 2. The maximum atomic E-state index is 12.3. The van der Waals surface area contributed by atoms with Gasteiger partial charge in [0.2, 0.25) is 0 Å². The van der Waals surface area contributed by atoms with E-state index < -0.39 is 18.0 Å². The first-order valence-electron chi connectivity index (χ1n) is 9.66. The lowest BCUT2D eigenvalue weighted by Crippen LogP contribution is -2.33. The Labute approximate surface area is 194 Å². The standard InChI is InChI=1S/C24H21BrN2O5/c1-16(31-21-12-8-19(25)9-13-21)23(28)27-26-15-17-4-3-5-22(14-17)32-24(29)18-6-10-20(30-2)11-7-18/h3-16H,1-2H3,(H,27,28)/b26-15+. The van der Waals surface area contributed by atoms with Crippen molar-refractivity contribution in [1.29, 1.82) is 0 Å². The Hall–Kier alpha value is -3.65. The van der Waals surface area contributed by atoms with Crippen LogP contribution in [0.3, 0.4) is 0 Å². The number of hydrogen-bond donors (Lipinski definition) is 1. The van der Waals surface area contributed by atoms with Crippen LogP contribution in [0.15, 0.2) is 82.4 Å². The highest BCUT2D eigenvalue weighted by Gasteiger charge is 2.14. The summed E-state index contributed by atoms with van der Waals surface area (Å²) >= 11 is 3.35. The van der Waals surface area contributed by atoms with Gasteiger partial charge in [-0.2, -0.15) is 5.10 Å². The van der Waals surface area contributed by atoms with Gasteiger partial charge in [0.15, 0.2) is 6.10 Å². The maximum Gasteiger partial charge on any atom is 0.343 e. The normalized spacial score (nSPS) is 11.6. The predicted molar refractivity (Wildman–Crippen MR) is 124 cm³/mol. The van der Waals surface area contributed by atoms with Crippen molar-refractivity contribution in [3.8, 4) is 17.2 Å². The van der Waals surface area contributed by atoms with Crippen molar-refractivity contribution in [2.45, 2.75) is 13.0 Å². The van der Waals surface area contributed by atoms with Crippen LogP contribution < -0.4 is 19.6 Å². The zero-order valence-corrected chi connectivity index (χ0v) is 19.0. The van der Waals surface area contributed by atoms with Crippen molar-refractivity contribution < 1.29 is 23.8 Å². The van der Waals surface area contributed by atoms with Gasteiger partial charge in [-0.25, -0.2) is 10.2 Å². The number of nitrogens with zero attached hydrogens (tertiary/aromatic N) is 1. The molecule has 0 fully saturated rings. The summed E-state index contributed by atoms with van der Waals surface area (Å²) in [6, 6.07) is 20.6. The van der Waals surface area contributed by atoms with Crippen LogP contribution in [0, 0.1) is 0 Å². The number of amides is 1. The van der Waals surface area contributed by atoms with Crippen LogP contribution in [-0.2, 0) is 4.79 Å². The number of hydrazone groups is 1. The quantitative estimate of drug-likeness (QED) is 0.213. The van der Waals surface area contributed by atoms with E-state index in [4.69, 9.17) is 14.2 Å². The van der Waals surface area contributed by atoms with Crippen LogP contribution in [-0.4, -0.2) is 31.3 Å².